The monoisotopic (exact) mass is 476 g/mol. The zero-order valence-corrected chi connectivity index (χ0v) is 17.8. The molecule has 2 aromatic carbocycles. The minimum atomic E-state index is -0.889. The van der Waals surface area contributed by atoms with E-state index in [0.717, 1.165) is 4.47 Å². The molecule has 0 heterocycles. The quantitative estimate of drug-likeness (QED) is 0.220. The Morgan fingerprint density at radius 1 is 1.10 bits per heavy atom. The molecular formula is C20H21BrN4O5. The molecule has 158 valence electrons. The van der Waals surface area contributed by atoms with Crippen LogP contribution in [0.1, 0.15) is 5.56 Å². The van der Waals surface area contributed by atoms with Crippen molar-refractivity contribution < 1.29 is 23.9 Å². The number of hydrogen-bond acceptors (Lipinski definition) is 6. The minimum absolute atomic E-state index is 0.172. The predicted octanol–water partition coefficient (Wildman–Crippen LogP) is 1.68. The van der Waals surface area contributed by atoms with Gasteiger partial charge in [0.1, 0.15) is 5.75 Å². The van der Waals surface area contributed by atoms with Crippen molar-refractivity contribution in [3.05, 3.63) is 58.6 Å². The van der Waals surface area contributed by atoms with Crippen molar-refractivity contribution in [2.45, 2.75) is 0 Å². The van der Waals surface area contributed by atoms with Crippen molar-refractivity contribution in [2.24, 2.45) is 5.10 Å². The van der Waals surface area contributed by atoms with Gasteiger partial charge in [-0.1, -0.05) is 28.1 Å². The van der Waals surface area contributed by atoms with Crippen LogP contribution < -0.4 is 20.8 Å². The predicted molar refractivity (Wildman–Crippen MR) is 115 cm³/mol. The van der Waals surface area contributed by atoms with E-state index in [1.54, 1.807) is 36.4 Å². The van der Waals surface area contributed by atoms with Crippen LogP contribution in [0.15, 0.2) is 58.1 Å². The number of ether oxygens (including phenoxy) is 2. The zero-order chi connectivity index (χ0) is 21.8. The Labute approximate surface area is 182 Å². The Bertz CT molecular complexity index is 902. The molecule has 10 heteroatoms. The van der Waals surface area contributed by atoms with Gasteiger partial charge in [0.2, 0.25) is 0 Å². The van der Waals surface area contributed by atoms with Gasteiger partial charge in [-0.3, -0.25) is 14.4 Å². The highest BCUT2D eigenvalue weighted by atomic mass is 79.9. The van der Waals surface area contributed by atoms with Gasteiger partial charge in [-0.05, 0) is 42.0 Å². The molecule has 0 saturated heterocycles. The van der Waals surface area contributed by atoms with Gasteiger partial charge in [-0.25, -0.2) is 5.43 Å². The smallest absolute Gasteiger partial charge is 0.329 e. The number of carbonyl (C=O) groups excluding carboxylic acids is 3. The summed E-state index contributed by atoms with van der Waals surface area (Å²) in [5, 5.41) is 8.84. The van der Waals surface area contributed by atoms with E-state index in [4.69, 9.17) is 9.47 Å². The van der Waals surface area contributed by atoms with Crippen molar-refractivity contribution in [2.75, 3.05) is 32.2 Å². The molecule has 0 fully saturated rings. The maximum Gasteiger partial charge on any atom is 0.329 e. The van der Waals surface area contributed by atoms with Crippen LogP contribution >= 0.6 is 15.9 Å². The lowest BCUT2D eigenvalue weighted by atomic mass is 10.2. The maximum atomic E-state index is 12.0. The minimum Gasteiger partial charge on any atom is -0.484 e. The molecule has 0 aliphatic carbocycles. The third-order valence-electron chi connectivity index (χ3n) is 3.53. The van der Waals surface area contributed by atoms with Crippen LogP contribution in [0.5, 0.6) is 5.75 Å². The van der Waals surface area contributed by atoms with Crippen molar-refractivity contribution in [3.63, 3.8) is 0 Å². The topological polar surface area (TPSA) is 118 Å². The third-order valence-corrected chi connectivity index (χ3v) is 4.06. The van der Waals surface area contributed by atoms with Gasteiger partial charge in [-0.15, -0.1) is 0 Å². The normalized spacial score (nSPS) is 10.5. The van der Waals surface area contributed by atoms with Gasteiger partial charge in [0.15, 0.2) is 6.61 Å². The largest absolute Gasteiger partial charge is 0.484 e. The number of halogens is 1. The van der Waals surface area contributed by atoms with Crippen molar-refractivity contribution in [1.29, 1.82) is 0 Å². The average Bonchev–Trinajstić information content (AvgIpc) is 2.74. The average molecular weight is 477 g/mol. The molecule has 0 unspecified atom stereocenters. The molecule has 0 aliphatic heterocycles. The van der Waals surface area contributed by atoms with E-state index in [9.17, 15) is 14.4 Å². The molecule has 30 heavy (non-hydrogen) atoms. The number of amides is 3. The summed E-state index contributed by atoms with van der Waals surface area (Å²) in [4.78, 5) is 35.1. The summed E-state index contributed by atoms with van der Waals surface area (Å²) >= 11 is 3.33. The molecule has 9 nitrogen and oxygen atoms in total. The lowest BCUT2D eigenvalue weighted by Crippen LogP contribution is -2.39. The van der Waals surface area contributed by atoms with Crippen LogP contribution in [0, 0.1) is 0 Å². The molecular weight excluding hydrogens is 456 g/mol. The second-order valence-corrected chi connectivity index (χ2v) is 6.78. The van der Waals surface area contributed by atoms with E-state index in [2.05, 4.69) is 37.1 Å². The fourth-order valence-corrected chi connectivity index (χ4v) is 2.39. The van der Waals surface area contributed by atoms with Gasteiger partial charge >= 0.3 is 11.8 Å². The summed E-state index contributed by atoms with van der Waals surface area (Å²) in [6.45, 7) is 0.354. The summed E-state index contributed by atoms with van der Waals surface area (Å²) in [5.74, 6) is -1.55. The van der Waals surface area contributed by atoms with Crippen LogP contribution in [0.25, 0.3) is 0 Å². The van der Waals surface area contributed by atoms with E-state index in [-0.39, 0.29) is 19.1 Å². The Morgan fingerprint density at radius 2 is 1.87 bits per heavy atom. The van der Waals surface area contributed by atoms with Crippen molar-refractivity contribution in [3.8, 4) is 5.75 Å². The first-order valence-corrected chi connectivity index (χ1v) is 9.65. The first kappa shape index (κ1) is 23.0. The Hall–Kier alpha value is -3.24. The summed E-state index contributed by atoms with van der Waals surface area (Å²) in [5.41, 5.74) is 3.40. The number of benzene rings is 2. The lowest BCUT2D eigenvalue weighted by molar-refractivity contribution is -0.139. The van der Waals surface area contributed by atoms with Gasteiger partial charge in [0.05, 0.1) is 12.8 Å². The number of anilines is 1. The van der Waals surface area contributed by atoms with Crippen LogP contribution in [-0.4, -0.2) is 50.8 Å². The molecule has 0 saturated carbocycles. The van der Waals surface area contributed by atoms with Crippen molar-refractivity contribution >= 4 is 45.6 Å². The van der Waals surface area contributed by atoms with Crippen molar-refractivity contribution in [1.82, 2.24) is 10.7 Å². The second-order valence-electron chi connectivity index (χ2n) is 5.86. The van der Waals surface area contributed by atoms with Gasteiger partial charge < -0.3 is 20.1 Å². The molecule has 0 aromatic heterocycles. The summed E-state index contributed by atoms with van der Waals surface area (Å²) < 4.78 is 11.2. The molecule has 0 aliphatic rings. The first-order chi connectivity index (χ1) is 14.5. The van der Waals surface area contributed by atoms with Crippen LogP contribution in [-0.2, 0) is 19.1 Å². The highest BCUT2D eigenvalue weighted by Gasteiger charge is 2.11. The fourth-order valence-electron chi connectivity index (χ4n) is 2.13. The number of hydrogen-bond donors (Lipinski definition) is 3. The highest BCUT2D eigenvalue weighted by Crippen LogP contribution is 2.15. The highest BCUT2D eigenvalue weighted by molar-refractivity contribution is 9.10. The van der Waals surface area contributed by atoms with Crippen LogP contribution in [0.3, 0.4) is 0 Å². The Balaban J connectivity index is 1.80. The fraction of sp³-hybridized carbons (Fsp3) is 0.200. The van der Waals surface area contributed by atoms with Gasteiger partial charge in [0.25, 0.3) is 5.91 Å². The SMILES string of the molecule is COCCNC(=O)C(=O)NN=Cc1cccc(OCC(=O)Nc2ccc(Br)cc2)c1. The molecule has 0 spiro atoms. The number of nitrogens with zero attached hydrogens (tertiary/aromatic N) is 1. The molecule has 2 rings (SSSR count). The van der Waals surface area contributed by atoms with Gasteiger partial charge in [-0.2, -0.15) is 5.10 Å². The standard InChI is InChI=1S/C20H21BrN4O5/c1-29-10-9-22-19(27)20(28)25-23-12-14-3-2-4-17(11-14)30-13-18(26)24-16-7-5-15(21)6-8-16/h2-8,11-12H,9-10,13H2,1H3,(H,22,27)(H,24,26)(H,25,28). The molecule has 0 bridgehead atoms. The van der Waals surface area contributed by atoms with E-state index >= 15 is 0 Å². The maximum absolute atomic E-state index is 12.0. The first-order valence-electron chi connectivity index (χ1n) is 8.86. The number of hydrazone groups is 1. The second kappa shape index (κ2) is 12.3. The Morgan fingerprint density at radius 3 is 2.60 bits per heavy atom. The van der Waals surface area contributed by atoms with E-state index in [0.29, 0.717) is 23.6 Å². The Kier molecular flexibility index (Phi) is 9.49. The number of nitrogens with one attached hydrogen (secondary N) is 3. The molecule has 3 N–H and O–H groups in total. The number of rotatable bonds is 9. The molecule has 2 aromatic rings. The summed E-state index contributed by atoms with van der Waals surface area (Å²) in [7, 11) is 1.49. The molecule has 0 radical (unpaired) electrons. The van der Waals surface area contributed by atoms with E-state index < -0.39 is 11.8 Å². The van der Waals surface area contributed by atoms with E-state index in [1.165, 1.54) is 13.3 Å². The zero-order valence-electron chi connectivity index (χ0n) is 16.2. The third kappa shape index (κ3) is 8.41. The summed E-state index contributed by atoms with van der Waals surface area (Å²) in [6, 6.07) is 13.9. The lowest BCUT2D eigenvalue weighted by Gasteiger charge is -2.08. The molecule has 0 atom stereocenters. The number of methoxy groups -OCH3 is 1. The number of carbonyl (C=O) groups is 3. The molecule has 3 amide bonds. The van der Waals surface area contributed by atoms with Crippen LogP contribution in [0.4, 0.5) is 5.69 Å². The van der Waals surface area contributed by atoms with Gasteiger partial charge in [0, 0.05) is 23.8 Å². The summed E-state index contributed by atoms with van der Waals surface area (Å²) in [6.07, 6.45) is 1.36. The van der Waals surface area contributed by atoms with E-state index in [1.807, 2.05) is 12.1 Å². The van der Waals surface area contributed by atoms with Crippen LogP contribution in [0.2, 0.25) is 0 Å².